The Morgan fingerprint density at radius 3 is 2.36 bits per heavy atom. The second-order valence-corrected chi connectivity index (χ2v) is 6.71. The number of benzene rings is 2. The molecular formula is C15H13FN4OS. The van der Waals surface area contributed by atoms with E-state index in [1.165, 1.54) is 30.6 Å². The number of nitrogens with zero attached hydrogens (tertiary/aromatic N) is 3. The molecule has 0 radical (unpaired) electrons. The monoisotopic (exact) mass is 316 g/mol. The molecule has 7 heteroatoms. The van der Waals surface area contributed by atoms with Crippen molar-refractivity contribution < 1.29 is 8.60 Å². The number of nitrogens with one attached hydrogen (secondary N) is 1. The third-order valence-electron chi connectivity index (χ3n) is 3.18. The van der Waals surface area contributed by atoms with Gasteiger partial charge >= 0.3 is 0 Å². The number of aromatic nitrogens is 3. The maximum absolute atomic E-state index is 12.9. The van der Waals surface area contributed by atoms with Gasteiger partial charge in [0.25, 0.3) is 0 Å². The minimum absolute atomic E-state index is 0.298. The molecule has 22 heavy (non-hydrogen) atoms. The Kier molecular flexibility index (Phi) is 3.50. The first-order valence-electron chi connectivity index (χ1n) is 6.50. The zero-order chi connectivity index (χ0) is 15.7. The Labute approximate surface area is 127 Å². The molecule has 0 aliphatic rings. The minimum Gasteiger partial charge on any atom is -0.230 e. The molecular weight excluding hydrogens is 303 g/mol. The van der Waals surface area contributed by atoms with Crippen LogP contribution in [0.5, 0.6) is 0 Å². The van der Waals surface area contributed by atoms with E-state index in [0.29, 0.717) is 16.3 Å². The maximum atomic E-state index is 12.9. The maximum Gasteiger partial charge on any atom is 0.182 e. The number of hydrogen-bond acceptors (Lipinski definition) is 4. The first-order valence-corrected chi connectivity index (χ1v) is 8.02. The molecule has 0 spiro atoms. The summed E-state index contributed by atoms with van der Waals surface area (Å²) < 4.78 is 34.8. The van der Waals surface area contributed by atoms with Gasteiger partial charge in [0.15, 0.2) is 15.7 Å². The summed E-state index contributed by atoms with van der Waals surface area (Å²) in [6.07, 6.45) is 1.26. The summed E-state index contributed by atoms with van der Waals surface area (Å²) in [7, 11) is -3.28. The van der Waals surface area contributed by atoms with E-state index in [2.05, 4.69) is 10.1 Å². The third-order valence-corrected chi connectivity index (χ3v) is 4.79. The van der Waals surface area contributed by atoms with Gasteiger partial charge in [0.2, 0.25) is 0 Å². The Morgan fingerprint density at radius 1 is 1.09 bits per heavy atom. The van der Waals surface area contributed by atoms with Crippen LogP contribution in [0.3, 0.4) is 0 Å². The molecule has 0 aliphatic carbocycles. The van der Waals surface area contributed by atoms with Crippen molar-refractivity contribution in [1.29, 1.82) is 4.78 Å². The highest BCUT2D eigenvalue weighted by Crippen LogP contribution is 2.18. The highest BCUT2D eigenvalue weighted by atomic mass is 32.2. The summed E-state index contributed by atoms with van der Waals surface area (Å²) in [4.78, 5) is 4.41. The third kappa shape index (κ3) is 2.62. The number of rotatable bonds is 3. The summed E-state index contributed by atoms with van der Waals surface area (Å²) >= 11 is 0. The number of halogens is 1. The van der Waals surface area contributed by atoms with Crippen molar-refractivity contribution in [2.24, 2.45) is 0 Å². The van der Waals surface area contributed by atoms with Gasteiger partial charge in [-0.1, -0.05) is 17.7 Å². The van der Waals surface area contributed by atoms with Gasteiger partial charge in [0.1, 0.15) is 12.1 Å². The van der Waals surface area contributed by atoms with Crippen LogP contribution in [0.1, 0.15) is 5.56 Å². The lowest BCUT2D eigenvalue weighted by atomic mass is 10.2. The molecule has 5 nitrogen and oxygen atoms in total. The molecule has 0 saturated carbocycles. The summed E-state index contributed by atoms with van der Waals surface area (Å²) in [6.45, 7) is 1.91. The fraction of sp³-hybridized carbons (Fsp3) is 0.0667. The molecule has 1 atom stereocenters. The second kappa shape index (κ2) is 5.34. The quantitative estimate of drug-likeness (QED) is 0.806. The van der Waals surface area contributed by atoms with E-state index in [0.717, 1.165) is 9.65 Å². The summed E-state index contributed by atoms with van der Waals surface area (Å²) in [6, 6.07) is 12.5. The Balaban J connectivity index is 1.99. The van der Waals surface area contributed by atoms with Crippen molar-refractivity contribution in [3.8, 4) is 11.4 Å². The van der Waals surface area contributed by atoms with Gasteiger partial charge in [-0.3, -0.25) is 0 Å². The van der Waals surface area contributed by atoms with Crippen molar-refractivity contribution in [3.05, 3.63) is 66.2 Å². The van der Waals surface area contributed by atoms with E-state index in [4.69, 9.17) is 4.78 Å². The molecule has 0 amide bonds. The van der Waals surface area contributed by atoms with E-state index >= 15 is 0 Å². The Bertz CT molecular complexity index is 899. The summed E-state index contributed by atoms with van der Waals surface area (Å²) in [5.74, 6) is -0.0563. The predicted octanol–water partition coefficient (Wildman–Crippen LogP) is 3.26. The average molecular weight is 316 g/mol. The summed E-state index contributed by atoms with van der Waals surface area (Å²) in [5, 5.41) is 4.10. The van der Waals surface area contributed by atoms with Crippen LogP contribution in [0.15, 0.2) is 59.8 Å². The largest absolute Gasteiger partial charge is 0.230 e. The molecule has 3 rings (SSSR count). The predicted molar refractivity (Wildman–Crippen MR) is 81.1 cm³/mol. The van der Waals surface area contributed by atoms with Gasteiger partial charge in [0, 0.05) is 5.56 Å². The molecule has 1 unspecified atom stereocenters. The van der Waals surface area contributed by atoms with Crippen LogP contribution in [0.25, 0.3) is 11.4 Å². The second-order valence-electron chi connectivity index (χ2n) is 4.82. The zero-order valence-corrected chi connectivity index (χ0v) is 12.5. The van der Waals surface area contributed by atoms with E-state index < -0.39 is 9.92 Å². The molecule has 2 aromatic carbocycles. The molecule has 0 aliphatic heterocycles. The molecule has 1 aromatic heterocycles. The van der Waals surface area contributed by atoms with Crippen LogP contribution in [0.4, 0.5) is 4.39 Å². The van der Waals surface area contributed by atoms with Crippen molar-refractivity contribution in [3.63, 3.8) is 0 Å². The summed E-state index contributed by atoms with van der Waals surface area (Å²) in [5.41, 5.74) is 1.61. The van der Waals surface area contributed by atoms with Gasteiger partial charge < -0.3 is 0 Å². The molecule has 1 N–H and O–H groups in total. The fourth-order valence-corrected chi connectivity index (χ4v) is 3.03. The lowest BCUT2D eigenvalue weighted by Gasteiger charge is -2.06. The highest BCUT2D eigenvalue weighted by Gasteiger charge is 2.15. The lowest BCUT2D eigenvalue weighted by molar-refractivity contribution is 0.628. The first kappa shape index (κ1) is 14.4. The van der Waals surface area contributed by atoms with Gasteiger partial charge in [-0.15, -0.1) is 5.10 Å². The van der Waals surface area contributed by atoms with Crippen LogP contribution in [-0.4, -0.2) is 18.4 Å². The van der Waals surface area contributed by atoms with Crippen LogP contribution in [0, 0.1) is 17.5 Å². The number of aryl methyl sites for hydroxylation is 1. The SMILES string of the molecule is Cc1ccc(S(=N)(=O)n2cnc(-c3ccc(F)cc3)n2)cc1. The van der Waals surface area contributed by atoms with E-state index in [1.54, 1.807) is 24.3 Å². The fourth-order valence-electron chi connectivity index (χ4n) is 1.93. The average Bonchev–Trinajstić information content (AvgIpc) is 2.99. The zero-order valence-electron chi connectivity index (χ0n) is 11.7. The van der Waals surface area contributed by atoms with Crippen LogP contribution < -0.4 is 0 Å². The van der Waals surface area contributed by atoms with Crippen LogP contribution in [-0.2, 0) is 9.92 Å². The van der Waals surface area contributed by atoms with E-state index in [9.17, 15) is 8.60 Å². The van der Waals surface area contributed by atoms with Crippen molar-refractivity contribution in [2.75, 3.05) is 0 Å². The lowest BCUT2D eigenvalue weighted by Crippen LogP contribution is -2.12. The van der Waals surface area contributed by atoms with Gasteiger partial charge in [-0.05, 0) is 43.3 Å². The standard InChI is InChI=1S/C15H13FN4OS/c1-11-2-8-14(9-3-11)22(17,21)20-10-18-15(19-20)12-4-6-13(16)7-5-12/h2-10,17H,1H3. The van der Waals surface area contributed by atoms with Crippen LogP contribution >= 0.6 is 0 Å². The van der Waals surface area contributed by atoms with E-state index in [-0.39, 0.29) is 5.82 Å². The van der Waals surface area contributed by atoms with Crippen molar-refractivity contribution in [2.45, 2.75) is 11.8 Å². The molecule has 112 valence electrons. The van der Waals surface area contributed by atoms with Gasteiger partial charge in [-0.2, -0.15) is 4.09 Å². The normalized spacial score (nSPS) is 13.7. The van der Waals surface area contributed by atoms with Crippen molar-refractivity contribution >= 4 is 9.92 Å². The van der Waals surface area contributed by atoms with Gasteiger partial charge in [0.05, 0.1) is 4.90 Å². The first-order chi connectivity index (χ1) is 10.5. The molecule has 1 heterocycles. The highest BCUT2D eigenvalue weighted by molar-refractivity contribution is 7.90. The molecule has 3 aromatic rings. The van der Waals surface area contributed by atoms with Gasteiger partial charge in [-0.25, -0.2) is 18.4 Å². The van der Waals surface area contributed by atoms with Crippen molar-refractivity contribution in [1.82, 2.24) is 14.2 Å². The molecule has 0 saturated heterocycles. The van der Waals surface area contributed by atoms with E-state index in [1.807, 2.05) is 6.92 Å². The minimum atomic E-state index is -3.28. The number of hydrogen-bond donors (Lipinski definition) is 1. The molecule has 0 bridgehead atoms. The molecule has 0 fully saturated rings. The Hall–Kier alpha value is -2.54. The Morgan fingerprint density at radius 2 is 1.73 bits per heavy atom. The topological polar surface area (TPSA) is 71.6 Å². The smallest absolute Gasteiger partial charge is 0.182 e. The van der Waals surface area contributed by atoms with Crippen LogP contribution in [0.2, 0.25) is 0 Å².